The van der Waals surface area contributed by atoms with Crippen molar-refractivity contribution in [3.8, 4) is 11.8 Å². The number of carboxylic acids is 1. The van der Waals surface area contributed by atoms with Gasteiger partial charge in [0.15, 0.2) is 0 Å². The first-order valence-electron chi connectivity index (χ1n) is 9.00. The molecule has 0 bridgehead atoms. The lowest BCUT2D eigenvalue weighted by Gasteiger charge is -2.39. The van der Waals surface area contributed by atoms with Gasteiger partial charge in [-0.2, -0.15) is 5.26 Å². The Bertz CT molecular complexity index is 844. The lowest BCUT2D eigenvalue weighted by Crippen LogP contribution is -2.50. The number of nitriles is 1. The van der Waals surface area contributed by atoms with Crippen molar-refractivity contribution in [1.82, 2.24) is 9.80 Å². The summed E-state index contributed by atoms with van der Waals surface area (Å²) in [5.74, 6) is -0.193. The maximum atomic E-state index is 12.8. The Morgan fingerprint density at radius 3 is 2.75 bits per heavy atom. The Morgan fingerprint density at radius 2 is 2.11 bits per heavy atom. The molecule has 2 aliphatic heterocycles. The fraction of sp³-hybridized carbons (Fsp3) is 0.450. The Labute approximate surface area is 170 Å². The molecule has 2 heterocycles. The van der Waals surface area contributed by atoms with Gasteiger partial charge in [-0.1, -0.05) is 0 Å². The molecule has 0 aromatic heterocycles. The van der Waals surface area contributed by atoms with E-state index in [2.05, 4.69) is 6.07 Å². The Balaban J connectivity index is 0.00000280. The first-order valence-corrected chi connectivity index (χ1v) is 9.00. The zero-order valence-corrected chi connectivity index (χ0v) is 16.8. The number of hydrogen-bond donors (Lipinski definition) is 1. The topological polar surface area (TPSA) is 93.9 Å². The molecule has 1 fully saturated rings. The van der Waals surface area contributed by atoms with Gasteiger partial charge in [0.05, 0.1) is 23.9 Å². The zero-order chi connectivity index (χ0) is 19.6. The Morgan fingerprint density at radius 1 is 1.36 bits per heavy atom. The smallest absolute Gasteiger partial charge is 0.303 e. The van der Waals surface area contributed by atoms with Gasteiger partial charge in [-0.3, -0.25) is 14.5 Å². The number of rotatable bonds is 5. The highest BCUT2D eigenvalue weighted by molar-refractivity contribution is 5.90. The van der Waals surface area contributed by atoms with Crippen LogP contribution in [0.25, 0.3) is 5.70 Å². The molecule has 1 amide bonds. The first-order chi connectivity index (χ1) is 12.8. The molecule has 3 rings (SSSR count). The van der Waals surface area contributed by atoms with Gasteiger partial charge >= 0.3 is 5.97 Å². The highest BCUT2D eigenvalue weighted by Crippen LogP contribution is 2.38. The van der Waals surface area contributed by atoms with Crippen molar-refractivity contribution in [3.63, 3.8) is 0 Å². The van der Waals surface area contributed by atoms with E-state index in [1.54, 1.807) is 23.1 Å². The lowest BCUT2D eigenvalue weighted by atomic mass is 9.96. The zero-order valence-electron chi connectivity index (χ0n) is 16.0. The number of hydrogen-bond acceptors (Lipinski definition) is 5. The summed E-state index contributed by atoms with van der Waals surface area (Å²) in [5.41, 5.74) is 1.48. The molecule has 7 nitrogen and oxygen atoms in total. The molecule has 0 aliphatic carbocycles. The molecular formula is C20H24ClN3O4. The van der Waals surface area contributed by atoms with Crippen LogP contribution in [0.4, 0.5) is 0 Å². The van der Waals surface area contributed by atoms with E-state index in [1.165, 1.54) is 0 Å². The summed E-state index contributed by atoms with van der Waals surface area (Å²) < 4.78 is 5.98. The minimum Gasteiger partial charge on any atom is -0.483 e. The summed E-state index contributed by atoms with van der Waals surface area (Å²) in [5, 5.41) is 18.0. The van der Waals surface area contributed by atoms with Crippen LogP contribution in [0, 0.1) is 11.3 Å². The van der Waals surface area contributed by atoms with Gasteiger partial charge in [0.25, 0.3) is 0 Å². The van der Waals surface area contributed by atoms with Crippen LogP contribution < -0.4 is 4.74 Å². The van der Waals surface area contributed by atoms with Crippen molar-refractivity contribution in [2.75, 3.05) is 26.2 Å². The molecule has 1 saturated heterocycles. The monoisotopic (exact) mass is 405 g/mol. The molecule has 0 radical (unpaired) electrons. The van der Waals surface area contributed by atoms with Gasteiger partial charge in [0, 0.05) is 25.1 Å². The third-order valence-electron chi connectivity index (χ3n) is 4.70. The second kappa shape index (κ2) is 8.63. The standard InChI is InChI=1S/C20H23N3O4.ClH/c1-20(2)11-16(15-10-14(12-21)5-6-17(15)27-20)23-9-8-22(13-18(23)24)7-3-4-19(25)26;/h5-6,10-11H,3-4,7-9,13H2,1-2H3,(H,25,26);1H. The molecule has 0 unspecified atom stereocenters. The summed E-state index contributed by atoms with van der Waals surface area (Å²) >= 11 is 0. The number of piperazine rings is 1. The number of benzene rings is 1. The van der Waals surface area contributed by atoms with Crippen molar-refractivity contribution >= 4 is 30.0 Å². The van der Waals surface area contributed by atoms with E-state index < -0.39 is 11.6 Å². The number of fused-ring (bicyclic) bond motifs is 1. The highest BCUT2D eigenvalue weighted by Gasteiger charge is 2.34. The molecule has 1 aromatic rings. The molecule has 8 heteroatoms. The Hall–Kier alpha value is -2.56. The van der Waals surface area contributed by atoms with Crippen LogP contribution in [0.5, 0.6) is 5.75 Å². The average molecular weight is 406 g/mol. The van der Waals surface area contributed by atoms with Crippen LogP contribution in [-0.2, 0) is 9.59 Å². The quantitative estimate of drug-likeness (QED) is 0.808. The number of carboxylic acid groups (broad SMARTS) is 1. The second-order valence-corrected chi connectivity index (χ2v) is 7.38. The molecule has 0 saturated carbocycles. The molecule has 2 aliphatic rings. The van der Waals surface area contributed by atoms with Gasteiger partial charge in [-0.05, 0) is 51.1 Å². The predicted molar refractivity (Wildman–Crippen MR) is 106 cm³/mol. The van der Waals surface area contributed by atoms with Crippen molar-refractivity contribution in [3.05, 3.63) is 35.4 Å². The fourth-order valence-electron chi connectivity index (χ4n) is 3.45. The van der Waals surface area contributed by atoms with Gasteiger partial charge in [-0.15, -0.1) is 12.4 Å². The third kappa shape index (κ3) is 4.83. The Kier molecular flexibility index (Phi) is 6.70. The molecule has 150 valence electrons. The number of ether oxygens (including phenoxy) is 1. The van der Waals surface area contributed by atoms with Crippen molar-refractivity contribution in [2.45, 2.75) is 32.3 Å². The van der Waals surface area contributed by atoms with Crippen molar-refractivity contribution in [1.29, 1.82) is 5.26 Å². The van der Waals surface area contributed by atoms with Crippen LogP contribution >= 0.6 is 12.4 Å². The van der Waals surface area contributed by atoms with E-state index in [-0.39, 0.29) is 31.3 Å². The van der Waals surface area contributed by atoms with Crippen LogP contribution in [0.2, 0.25) is 0 Å². The SMILES string of the molecule is CC1(C)C=C(N2CCN(CCCC(=O)O)CC2=O)c2cc(C#N)ccc2O1.Cl. The number of carbonyl (C=O) groups is 2. The number of halogens is 1. The van der Waals surface area contributed by atoms with Crippen molar-refractivity contribution in [2.24, 2.45) is 0 Å². The number of aliphatic carboxylic acids is 1. The molecule has 0 atom stereocenters. The third-order valence-corrected chi connectivity index (χ3v) is 4.70. The molecule has 1 aromatic carbocycles. The first kappa shape index (κ1) is 21.7. The van der Waals surface area contributed by atoms with Crippen LogP contribution in [0.1, 0.15) is 37.8 Å². The van der Waals surface area contributed by atoms with Crippen LogP contribution in [-0.4, -0.2) is 58.6 Å². The minimum atomic E-state index is -0.820. The molecule has 0 spiro atoms. The molecule has 28 heavy (non-hydrogen) atoms. The summed E-state index contributed by atoms with van der Waals surface area (Å²) in [4.78, 5) is 27.2. The van der Waals surface area contributed by atoms with E-state index in [0.29, 0.717) is 37.4 Å². The summed E-state index contributed by atoms with van der Waals surface area (Å²) in [6.07, 6.45) is 2.56. The van der Waals surface area contributed by atoms with Gasteiger partial charge in [0.2, 0.25) is 5.91 Å². The molecule has 1 N–H and O–H groups in total. The maximum absolute atomic E-state index is 12.8. The van der Waals surface area contributed by atoms with Crippen LogP contribution in [0.15, 0.2) is 24.3 Å². The lowest BCUT2D eigenvalue weighted by molar-refractivity contribution is -0.137. The summed E-state index contributed by atoms with van der Waals surface area (Å²) in [6, 6.07) is 7.36. The highest BCUT2D eigenvalue weighted by atomic mass is 35.5. The second-order valence-electron chi connectivity index (χ2n) is 7.38. The molecular weight excluding hydrogens is 382 g/mol. The van der Waals surface area contributed by atoms with Crippen molar-refractivity contribution < 1.29 is 19.4 Å². The average Bonchev–Trinajstić information content (AvgIpc) is 2.60. The largest absolute Gasteiger partial charge is 0.483 e. The summed E-state index contributed by atoms with van der Waals surface area (Å²) in [7, 11) is 0. The van der Waals surface area contributed by atoms with E-state index in [0.717, 1.165) is 11.3 Å². The summed E-state index contributed by atoms with van der Waals surface area (Å²) in [6.45, 7) is 5.91. The number of carbonyl (C=O) groups excluding carboxylic acids is 1. The van der Waals surface area contributed by atoms with Gasteiger partial charge < -0.3 is 14.7 Å². The maximum Gasteiger partial charge on any atom is 0.303 e. The van der Waals surface area contributed by atoms with Gasteiger partial charge in [0.1, 0.15) is 11.4 Å². The van der Waals surface area contributed by atoms with E-state index in [4.69, 9.17) is 9.84 Å². The predicted octanol–water partition coefficient (Wildman–Crippen LogP) is 2.50. The van der Waals surface area contributed by atoms with Crippen LogP contribution in [0.3, 0.4) is 0 Å². The van der Waals surface area contributed by atoms with E-state index in [9.17, 15) is 14.9 Å². The number of nitrogens with zero attached hydrogens (tertiary/aromatic N) is 3. The number of amides is 1. The fourth-order valence-corrected chi connectivity index (χ4v) is 3.45. The normalized spacial score (nSPS) is 18.2. The van der Waals surface area contributed by atoms with E-state index >= 15 is 0 Å². The minimum absolute atomic E-state index is 0. The van der Waals surface area contributed by atoms with Gasteiger partial charge in [-0.25, -0.2) is 0 Å². The van der Waals surface area contributed by atoms with E-state index in [1.807, 2.05) is 24.8 Å².